The number of thiophene rings is 1. The Morgan fingerprint density at radius 3 is 2.97 bits per heavy atom. The van der Waals surface area contributed by atoms with Crippen molar-refractivity contribution in [3.05, 3.63) is 58.5 Å². The number of carbonyl (C=O) groups excluding carboxylic acids is 2. The molecule has 1 amide bonds. The minimum atomic E-state index is -0.249. The van der Waals surface area contributed by atoms with E-state index in [1.807, 2.05) is 12.1 Å². The lowest BCUT2D eigenvalue weighted by Crippen LogP contribution is -2.28. The number of hydrogen-bond acceptors (Lipinski definition) is 8. The molecule has 1 aliphatic rings. The summed E-state index contributed by atoms with van der Waals surface area (Å²) in [5, 5.41) is 4.12. The number of Topliss-reactive ketones (excluding diaryl/α,β-unsaturated/α-hetero) is 1. The molecular weight excluding hydrogens is 472 g/mol. The fraction of sp³-hybridized carbons (Fsp3) is 0.292. The zero-order valence-corrected chi connectivity index (χ0v) is 20.1. The van der Waals surface area contributed by atoms with Gasteiger partial charge in [-0.3, -0.25) is 19.0 Å². The van der Waals surface area contributed by atoms with Crippen LogP contribution in [-0.4, -0.2) is 44.7 Å². The first kappa shape index (κ1) is 22.7. The second kappa shape index (κ2) is 9.65. The van der Waals surface area contributed by atoms with E-state index in [1.54, 1.807) is 35.0 Å². The van der Waals surface area contributed by atoms with Gasteiger partial charge in [-0.15, -0.1) is 11.3 Å². The van der Waals surface area contributed by atoms with E-state index in [0.717, 1.165) is 23.1 Å². The third-order valence-electron chi connectivity index (χ3n) is 5.61. The molecule has 4 aromatic rings. The number of amides is 1. The zero-order chi connectivity index (χ0) is 23.7. The van der Waals surface area contributed by atoms with Crippen molar-refractivity contribution >= 4 is 60.9 Å². The molecule has 1 aliphatic heterocycles. The Morgan fingerprint density at radius 1 is 1.29 bits per heavy atom. The molecule has 3 aromatic heterocycles. The highest BCUT2D eigenvalue weighted by Gasteiger charge is 2.22. The second-order valence-corrected chi connectivity index (χ2v) is 10.00. The normalized spacial score (nSPS) is 15.7. The van der Waals surface area contributed by atoms with Crippen molar-refractivity contribution < 1.29 is 14.3 Å². The maximum Gasteiger partial charge on any atom is 0.272 e. The molecule has 1 saturated heterocycles. The molecule has 1 atom stereocenters. The van der Waals surface area contributed by atoms with E-state index >= 15 is 0 Å². The Balaban J connectivity index is 1.44. The quantitative estimate of drug-likeness (QED) is 0.234. The van der Waals surface area contributed by atoms with Crippen molar-refractivity contribution in [3.63, 3.8) is 0 Å². The van der Waals surface area contributed by atoms with E-state index in [-0.39, 0.29) is 29.1 Å². The molecule has 0 spiro atoms. The lowest BCUT2D eigenvalue weighted by molar-refractivity contribution is -0.113. The number of fused-ring (bicyclic) bond motifs is 3. The molecule has 174 valence electrons. The zero-order valence-electron chi connectivity index (χ0n) is 18.4. The highest BCUT2D eigenvalue weighted by atomic mass is 32.2. The third-order valence-corrected chi connectivity index (χ3v) is 7.68. The average molecular weight is 495 g/mol. The van der Waals surface area contributed by atoms with Crippen molar-refractivity contribution in [2.45, 2.75) is 37.6 Å². The maximum absolute atomic E-state index is 13.4. The van der Waals surface area contributed by atoms with Crippen LogP contribution in [0.3, 0.4) is 0 Å². The molecule has 8 nitrogen and oxygen atoms in total. The monoisotopic (exact) mass is 494 g/mol. The first-order chi connectivity index (χ1) is 16.5. The Hall–Kier alpha value is -3.08. The van der Waals surface area contributed by atoms with E-state index in [1.165, 1.54) is 30.0 Å². The lowest BCUT2D eigenvalue weighted by atomic mass is 10.1. The fourth-order valence-electron chi connectivity index (χ4n) is 3.95. The molecule has 1 aromatic carbocycles. The highest BCUT2D eigenvalue weighted by Crippen LogP contribution is 2.31. The van der Waals surface area contributed by atoms with Crippen molar-refractivity contribution in [2.24, 2.45) is 0 Å². The first-order valence-electron chi connectivity index (χ1n) is 10.9. The van der Waals surface area contributed by atoms with Gasteiger partial charge in [-0.2, -0.15) is 0 Å². The second-order valence-electron chi connectivity index (χ2n) is 8.05. The third kappa shape index (κ3) is 4.61. The van der Waals surface area contributed by atoms with E-state index in [0.29, 0.717) is 39.8 Å². The summed E-state index contributed by atoms with van der Waals surface area (Å²) >= 11 is 2.55. The lowest BCUT2D eigenvalue weighted by Gasteiger charge is -2.15. The molecule has 10 heteroatoms. The van der Waals surface area contributed by atoms with Crippen molar-refractivity contribution in [1.82, 2.24) is 14.5 Å². The van der Waals surface area contributed by atoms with Crippen LogP contribution in [0.15, 0.2) is 52.5 Å². The molecule has 1 fully saturated rings. The number of aromatic nitrogens is 3. The van der Waals surface area contributed by atoms with E-state index in [4.69, 9.17) is 9.72 Å². The molecule has 0 radical (unpaired) electrons. The highest BCUT2D eigenvalue weighted by molar-refractivity contribution is 7.99. The number of rotatable bonds is 7. The number of nitrogens with zero attached hydrogens (tertiary/aromatic N) is 3. The summed E-state index contributed by atoms with van der Waals surface area (Å²) in [7, 11) is 0. The molecular formula is C24H22N4O4S2. The van der Waals surface area contributed by atoms with Gasteiger partial charge in [0.15, 0.2) is 10.9 Å². The van der Waals surface area contributed by atoms with E-state index in [9.17, 15) is 14.4 Å². The van der Waals surface area contributed by atoms with Crippen LogP contribution in [0, 0.1) is 0 Å². The van der Waals surface area contributed by atoms with Crippen LogP contribution >= 0.6 is 23.1 Å². The van der Waals surface area contributed by atoms with Crippen molar-refractivity contribution in [2.75, 3.05) is 17.7 Å². The number of pyridine rings is 1. The molecule has 0 saturated carbocycles. The predicted molar refractivity (Wildman–Crippen MR) is 134 cm³/mol. The smallest absolute Gasteiger partial charge is 0.272 e. The van der Waals surface area contributed by atoms with Crippen LogP contribution in [0.1, 0.15) is 30.1 Å². The number of ketones is 1. The SMILES string of the molecule is CC(=O)c1cccc(NC(=O)CSc2nc3c(sc4ncccc43)c(=O)n2C[C@H]2CCCO2)c1. The summed E-state index contributed by atoms with van der Waals surface area (Å²) < 4.78 is 7.94. The van der Waals surface area contributed by atoms with Gasteiger partial charge in [-0.1, -0.05) is 23.9 Å². The van der Waals surface area contributed by atoms with E-state index < -0.39 is 0 Å². The van der Waals surface area contributed by atoms with Crippen molar-refractivity contribution in [1.29, 1.82) is 0 Å². The molecule has 0 bridgehead atoms. The Morgan fingerprint density at radius 2 is 2.18 bits per heavy atom. The number of nitrogens with one attached hydrogen (secondary N) is 1. The maximum atomic E-state index is 13.4. The first-order valence-corrected chi connectivity index (χ1v) is 12.7. The van der Waals surface area contributed by atoms with Gasteiger partial charge in [-0.25, -0.2) is 9.97 Å². The number of hydrogen-bond donors (Lipinski definition) is 1. The summed E-state index contributed by atoms with van der Waals surface area (Å²) in [6.45, 7) is 2.57. The molecule has 4 heterocycles. The minimum Gasteiger partial charge on any atom is -0.376 e. The number of thioether (sulfide) groups is 1. The summed E-state index contributed by atoms with van der Waals surface area (Å²) in [5.41, 5.74) is 1.55. The van der Waals surface area contributed by atoms with Gasteiger partial charge < -0.3 is 10.1 Å². The summed E-state index contributed by atoms with van der Waals surface area (Å²) in [6.07, 6.45) is 3.50. The largest absolute Gasteiger partial charge is 0.376 e. The van der Waals surface area contributed by atoms with Crippen LogP contribution < -0.4 is 10.9 Å². The average Bonchev–Trinajstić information content (AvgIpc) is 3.48. The Kier molecular flexibility index (Phi) is 6.44. The van der Waals surface area contributed by atoms with Gasteiger partial charge in [0.25, 0.3) is 5.56 Å². The Labute approximate surface area is 203 Å². The molecule has 5 rings (SSSR count). The minimum absolute atomic E-state index is 0.0491. The fourth-order valence-corrected chi connectivity index (χ4v) is 5.78. The standard InChI is InChI=1S/C24H22N4O4S2/c1-14(29)15-5-2-6-16(11-15)26-19(30)13-33-24-27-20-18-8-3-9-25-22(18)34-21(20)23(31)28(24)12-17-7-4-10-32-17/h2-3,5-6,8-9,11,17H,4,7,10,12-13H2,1H3,(H,26,30)/t17-/m1/s1. The van der Waals surface area contributed by atoms with Crippen LogP contribution in [0.2, 0.25) is 0 Å². The van der Waals surface area contributed by atoms with Crippen molar-refractivity contribution in [3.8, 4) is 0 Å². The van der Waals surface area contributed by atoms with Gasteiger partial charge in [0.1, 0.15) is 9.53 Å². The Bertz CT molecular complexity index is 1460. The molecule has 1 N–H and O–H groups in total. The van der Waals surface area contributed by atoms with Gasteiger partial charge in [0.2, 0.25) is 5.91 Å². The van der Waals surface area contributed by atoms with Gasteiger partial charge in [-0.05, 0) is 44.0 Å². The molecule has 0 aliphatic carbocycles. The van der Waals surface area contributed by atoms with Crippen LogP contribution in [0.25, 0.3) is 20.4 Å². The number of anilines is 1. The van der Waals surface area contributed by atoms with Gasteiger partial charge >= 0.3 is 0 Å². The van der Waals surface area contributed by atoms with Crippen LogP contribution in [0.4, 0.5) is 5.69 Å². The number of carbonyl (C=O) groups is 2. The van der Waals surface area contributed by atoms with E-state index in [2.05, 4.69) is 10.3 Å². The molecule has 34 heavy (non-hydrogen) atoms. The number of benzene rings is 1. The van der Waals surface area contributed by atoms with Crippen LogP contribution in [0.5, 0.6) is 0 Å². The van der Waals surface area contributed by atoms with Gasteiger partial charge in [0, 0.05) is 29.4 Å². The summed E-state index contributed by atoms with van der Waals surface area (Å²) in [4.78, 5) is 47.7. The summed E-state index contributed by atoms with van der Waals surface area (Å²) in [5.74, 6) is -0.257. The summed E-state index contributed by atoms with van der Waals surface area (Å²) in [6, 6.07) is 10.5. The topological polar surface area (TPSA) is 103 Å². The van der Waals surface area contributed by atoms with Gasteiger partial charge in [0.05, 0.1) is 23.9 Å². The predicted octanol–water partition coefficient (Wildman–Crippen LogP) is 4.12. The molecule has 0 unspecified atom stereocenters. The number of ether oxygens (including phenoxy) is 1. The van der Waals surface area contributed by atoms with Crippen LogP contribution in [-0.2, 0) is 16.1 Å².